The van der Waals surface area contributed by atoms with Crippen LogP contribution in [-0.4, -0.2) is 64.5 Å². The minimum Gasteiger partial charge on any atom is -0.497 e. The maximum atomic E-state index is 12.8. The van der Waals surface area contributed by atoms with E-state index in [-0.39, 0.29) is 30.3 Å². The highest BCUT2D eigenvalue weighted by Crippen LogP contribution is 2.30. The molecule has 3 rings (SSSR count). The number of benzene rings is 1. The third kappa shape index (κ3) is 5.21. The van der Waals surface area contributed by atoms with Crippen molar-refractivity contribution < 1.29 is 14.3 Å². The summed E-state index contributed by atoms with van der Waals surface area (Å²) in [6, 6.07) is 7.41. The summed E-state index contributed by atoms with van der Waals surface area (Å²) in [4.78, 5) is 33.5. The Balaban J connectivity index is 1.62. The monoisotopic (exact) mass is 455 g/mol. The molecule has 8 nitrogen and oxygen atoms in total. The Labute approximate surface area is 196 Å². The van der Waals surface area contributed by atoms with E-state index in [9.17, 15) is 9.59 Å². The molecule has 0 radical (unpaired) electrons. The number of nitrogens with one attached hydrogen (secondary N) is 1. The van der Waals surface area contributed by atoms with E-state index in [1.54, 1.807) is 23.1 Å². The highest BCUT2D eigenvalue weighted by molar-refractivity contribution is 5.92. The summed E-state index contributed by atoms with van der Waals surface area (Å²) in [7, 11) is 1.65. The van der Waals surface area contributed by atoms with Crippen molar-refractivity contribution in [2.75, 3.05) is 25.5 Å². The first-order valence-corrected chi connectivity index (χ1v) is 11.6. The second-order valence-electron chi connectivity index (χ2n) is 9.67. The molecule has 1 unspecified atom stereocenters. The zero-order valence-electron chi connectivity index (χ0n) is 20.6. The van der Waals surface area contributed by atoms with Crippen molar-refractivity contribution in [1.29, 1.82) is 0 Å². The van der Waals surface area contributed by atoms with Gasteiger partial charge in [0.15, 0.2) is 0 Å². The number of amides is 2. The first-order chi connectivity index (χ1) is 15.6. The highest BCUT2D eigenvalue weighted by Gasteiger charge is 2.47. The van der Waals surface area contributed by atoms with Gasteiger partial charge in [-0.3, -0.25) is 14.6 Å². The number of anilines is 1. The summed E-state index contributed by atoms with van der Waals surface area (Å²) >= 11 is 0. The zero-order valence-corrected chi connectivity index (χ0v) is 20.6. The first-order valence-electron chi connectivity index (χ1n) is 11.6. The van der Waals surface area contributed by atoms with Crippen LogP contribution < -0.4 is 15.8 Å². The topological polar surface area (TPSA) is 101 Å². The summed E-state index contributed by atoms with van der Waals surface area (Å²) in [6.07, 6.45) is 3.44. The van der Waals surface area contributed by atoms with Crippen LogP contribution in [0.25, 0.3) is 10.9 Å². The lowest BCUT2D eigenvalue weighted by atomic mass is 10.0. The van der Waals surface area contributed by atoms with Crippen LogP contribution in [0.5, 0.6) is 5.75 Å². The van der Waals surface area contributed by atoms with Crippen molar-refractivity contribution >= 4 is 28.4 Å². The lowest BCUT2D eigenvalue weighted by molar-refractivity contribution is -0.140. The van der Waals surface area contributed by atoms with Gasteiger partial charge in [0.05, 0.1) is 24.4 Å². The van der Waals surface area contributed by atoms with Crippen molar-refractivity contribution in [3.63, 3.8) is 0 Å². The standard InChI is InChI=1S/C25H37N5O3/c1-16(2)22(26)24(32)30-15-21(31)29(25(30,4)5)12-8-9-17(3)28-20-14-19(33-6)13-18-10-7-11-27-23(18)20/h7,10-11,13-14,16-17,22,28H,8-9,12,15,26H2,1-6H3/t17?,22-/m1/s1. The molecule has 2 heterocycles. The fraction of sp³-hybridized carbons (Fsp3) is 0.560. The van der Waals surface area contributed by atoms with E-state index >= 15 is 0 Å². The van der Waals surface area contributed by atoms with E-state index in [0.717, 1.165) is 35.2 Å². The van der Waals surface area contributed by atoms with E-state index < -0.39 is 11.7 Å². The summed E-state index contributed by atoms with van der Waals surface area (Å²) in [5.41, 5.74) is 7.22. The molecule has 0 bridgehead atoms. The van der Waals surface area contributed by atoms with E-state index in [0.29, 0.717) is 6.54 Å². The fourth-order valence-electron chi connectivity index (χ4n) is 4.36. The smallest absolute Gasteiger partial charge is 0.244 e. The molecule has 1 fully saturated rings. The minimum atomic E-state index is -0.690. The predicted octanol–water partition coefficient (Wildman–Crippen LogP) is 3.21. The molecule has 1 aliphatic rings. The van der Waals surface area contributed by atoms with Gasteiger partial charge in [0.1, 0.15) is 18.0 Å². The molecule has 0 spiro atoms. The molecule has 1 aliphatic heterocycles. The number of carbonyl (C=O) groups is 2. The van der Waals surface area contributed by atoms with Gasteiger partial charge in [-0.15, -0.1) is 0 Å². The Bertz CT molecular complexity index is 1010. The summed E-state index contributed by atoms with van der Waals surface area (Å²) in [5, 5.41) is 4.56. The average Bonchev–Trinajstić information content (AvgIpc) is 3.00. The molecule has 180 valence electrons. The van der Waals surface area contributed by atoms with Crippen LogP contribution in [-0.2, 0) is 9.59 Å². The number of pyridine rings is 1. The lowest BCUT2D eigenvalue weighted by Crippen LogP contribution is -2.56. The van der Waals surface area contributed by atoms with Gasteiger partial charge in [-0.25, -0.2) is 0 Å². The number of ether oxygens (including phenoxy) is 1. The van der Waals surface area contributed by atoms with Crippen molar-refractivity contribution in [3.05, 3.63) is 30.5 Å². The normalized spacial score (nSPS) is 17.5. The third-order valence-electron chi connectivity index (χ3n) is 6.52. The molecule has 33 heavy (non-hydrogen) atoms. The quantitative estimate of drug-likeness (QED) is 0.602. The molecule has 2 aromatic rings. The maximum Gasteiger partial charge on any atom is 0.244 e. The Morgan fingerprint density at radius 1 is 1.30 bits per heavy atom. The van der Waals surface area contributed by atoms with Gasteiger partial charge in [-0.1, -0.05) is 19.9 Å². The number of aromatic nitrogens is 1. The molecule has 8 heteroatoms. The predicted molar refractivity (Wildman–Crippen MR) is 131 cm³/mol. The molecule has 1 aromatic carbocycles. The Morgan fingerprint density at radius 2 is 2.03 bits per heavy atom. The van der Waals surface area contributed by atoms with Crippen LogP contribution in [0.4, 0.5) is 5.69 Å². The van der Waals surface area contributed by atoms with E-state index in [2.05, 4.69) is 17.2 Å². The number of carbonyl (C=O) groups excluding carboxylic acids is 2. The molecule has 2 atom stereocenters. The van der Waals surface area contributed by atoms with E-state index in [1.165, 1.54) is 0 Å². The molecule has 0 saturated carbocycles. The maximum absolute atomic E-state index is 12.8. The van der Waals surface area contributed by atoms with Crippen molar-refractivity contribution in [2.24, 2.45) is 11.7 Å². The van der Waals surface area contributed by atoms with Gasteiger partial charge in [0, 0.05) is 30.2 Å². The van der Waals surface area contributed by atoms with Crippen LogP contribution in [0.15, 0.2) is 30.5 Å². The number of rotatable bonds is 9. The number of methoxy groups -OCH3 is 1. The second kappa shape index (κ2) is 9.95. The van der Waals surface area contributed by atoms with Gasteiger partial charge < -0.3 is 25.6 Å². The lowest BCUT2D eigenvalue weighted by Gasteiger charge is -2.39. The number of fused-ring (bicyclic) bond motifs is 1. The van der Waals surface area contributed by atoms with Gasteiger partial charge in [-0.2, -0.15) is 0 Å². The molecule has 2 amide bonds. The molecule has 1 saturated heterocycles. The summed E-state index contributed by atoms with van der Waals surface area (Å²) < 4.78 is 5.44. The molecule has 3 N–H and O–H groups in total. The van der Waals surface area contributed by atoms with Crippen molar-refractivity contribution in [1.82, 2.24) is 14.8 Å². The number of nitrogens with zero attached hydrogens (tertiary/aromatic N) is 3. The van der Waals surface area contributed by atoms with E-state index in [1.807, 2.05) is 52.0 Å². The van der Waals surface area contributed by atoms with Crippen LogP contribution in [0.3, 0.4) is 0 Å². The second-order valence-corrected chi connectivity index (χ2v) is 9.67. The van der Waals surface area contributed by atoms with Gasteiger partial charge in [0.25, 0.3) is 0 Å². The highest BCUT2D eigenvalue weighted by atomic mass is 16.5. The molecular formula is C25H37N5O3. The van der Waals surface area contributed by atoms with Crippen LogP contribution >= 0.6 is 0 Å². The Kier molecular flexibility index (Phi) is 7.47. The van der Waals surface area contributed by atoms with Crippen molar-refractivity contribution in [3.8, 4) is 5.75 Å². The molecule has 0 aliphatic carbocycles. The first kappa shape index (κ1) is 24.8. The van der Waals surface area contributed by atoms with Crippen molar-refractivity contribution in [2.45, 2.75) is 65.2 Å². The number of nitrogens with two attached hydrogens (primary N) is 1. The minimum absolute atomic E-state index is 0.0200. The molecular weight excluding hydrogens is 418 g/mol. The number of hydrogen-bond acceptors (Lipinski definition) is 6. The fourth-order valence-corrected chi connectivity index (χ4v) is 4.36. The van der Waals surface area contributed by atoms with Gasteiger partial charge in [0.2, 0.25) is 11.8 Å². The largest absolute Gasteiger partial charge is 0.497 e. The third-order valence-corrected chi connectivity index (χ3v) is 6.52. The molecule has 1 aromatic heterocycles. The van der Waals surface area contributed by atoms with Crippen LogP contribution in [0.1, 0.15) is 47.5 Å². The van der Waals surface area contributed by atoms with Gasteiger partial charge in [-0.05, 0) is 51.7 Å². The number of hydrogen-bond donors (Lipinski definition) is 2. The summed E-state index contributed by atoms with van der Waals surface area (Å²) in [6.45, 7) is 10.4. The van der Waals surface area contributed by atoms with Crippen LogP contribution in [0.2, 0.25) is 0 Å². The summed E-state index contributed by atoms with van der Waals surface area (Å²) in [5.74, 6) is 0.594. The average molecular weight is 456 g/mol. The van der Waals surface area contributed by atoms with Crippen LogP contribution in [0, 0.1) is 5.92 Å². The van der Waals surface area contributed by atoms with Gasteiger partial charge >= 0.3 is 0 Å². The SMILES string of the molecule is COc1cc(NC(C)CCCN2C(=O)CN(C(=O)[C@H](N)C(C)C)C2(C)C)c2ncccc2c1. The Hall–Kier alpha value is -2.87. The Morgan fingerprint density at radius 3 is 2.70 bits per heavy atom. The van der Waals surface area contributed by atoms with E-state index in [4.69, 9.17) is 10.5 Å². The zero-order chi connectivity index (χ0) is 24.3.